The van der Waals surface area contributed by atoms with Crippen molar-refractivity contribution in [3.05, 3.63) is 47.8 Å². The average molecular weight is 287 g/mol. The molecule has 0 aliphatic carbocycles. The smallest absolute Gasteiger partial charge is 0.229 e. The van der Waals surface area contributed by atoms with Crippen LogP contribution in [0.1, 0.15) is 26.6 Å². The molecule has 0 atom stereocenters. The predicted molar refractivity (Wildman–Crippen MR) is 80.4 cm³/mol. The summed E-state index contributed by atoms with van der Waals surface area (Å²) >= 11 is 6.26. The molecule has 5 heteroatoms. The maximum atomic E-state index is 6.26. The maximum Gasteiger partial charge on any atom is 0.229 e. The minimum atomic E-state index is -0.144. The molecule has 3 rings (SSSR count). The maximum absolute atomic E-state index is 6.26. The van der Waals surface area contributed by atoms with E-state index in [2.05, 4.69) is 36.0 Å². The molecule has 0 aliphatic heterocycles. The lowest BCUT2D eigenvalue weighted by molar-refractivity contribution is 0.533. The van der Waals surface area contributed by atoms with E-state index in [4.69, 9.17) is 11.6 Å². The second kappa shape index (κ2) is 4.56. The van der Waals surface area contributed by atoms with Gasteiger partial charge in [-0.3, -0.25) is 9.55 Å². The van der Waals surface area contributed by atoms with Crippen LogP contribution >= 0.6 is 11.6 Å². The molecule has 2 heterocycles. The molecule has 0 saturated carbocycles. The fourth-order valence-electron chi connectivity index (χ4n) is 2.26. The molecule has 2 aromatic heterocycles. The van der Waals surface area contributed by atoms with Gasteiger partial charge in [-0.25, -0.2) is 0 Å². The Morgan fingerprint density at radius 1 is 1.10 bits per heavy atom. The Kier molecular flexibility index (Phi) is 2.98. The molecule has 0 spiro atoms. The molecule has 3 aromatic rings. The molecule has 20 heavy (non-hydrogen) atoms. The van der Waals surface area contributed by atoms with Crippen molar-refractivity contribution < 1.29 is 0 Å². The molecule has 1 aromatic carbocycles. The van der Waals surface area contributed by atoms with E-state index in [0.29, 0.717) is 5.28 Å². The molecule has 0 saturated heterocycles. The fourth-order valence-corrected chi connectivity index (χ4v) is 2.47. The van der Waals surface area contributed by atoms with E-state index in [9.17, 15) is 0 Å². The monoisotopic (exact) mass is 286 g/mol. The minimum absolute atomic E-state index is 0.144. The van der Waals surface area contributed by atoms with Crippen molar-refractivity contribution in [2.75, 3.05) is 0 Å². The van der Waals surface area contributed by atoms with Crippen molar-refractivity contribution in [2.45, 2.75) is 26.2 Å². The van der Waals surface area contributed by atoms with Gasteiger partial charge in [0.25, 0.3) is 0 Å². The highest BCUT2D eigenvalue weighted by molar-refractivity contribution is 6.28. The third-order valence-corrected chi connectivity index (χ3v) is 3.44. The van der Waals surface area contributed by atoms with Crippen LogP contribution in [-0.2, 0) is 5.41 Å². The molecule has 0 amide bonds. The van der Waals surface area contributed by atoms with E-state index in [1.807, 2.05) is 35.0 Å². The Bertz CT molecular complexity index is 766. The summed E-state index contributed by atoms with van der Waals surface area (Å²) in [5, 5.41) is 10.8. The molecular formula is C15H15ClN4. The van der Waals surface area contributed by atoms with Gasteiger partial charge < -0.3 is 0 Å². The molecule has 0 aliphatic rings. The highest BCUT2D eigenvalue weighted by Gasteiger charge is 2.24. The number of halogens is 1. The van der Waals surface area contributed by atoms with E-state index in [1.54, 1.807) is 6.20 Å². The summed E-state index contributed by atoms with van der Waals surface area (Å²) < 4.78 is 1.91. The first kappa shape index (κ1) is 13.1. The standard InChI is InChI=1S/C15H15ClN4/c1-15(2,3)13-18-19-14(16)20(13)12-6-4-5-10-9-17-8-7-11(10)12/h4-9H,1-3H3. The van der Waals surface area contributed by atoms with E-state index in [0.717, 1.165) is 22.3 Å². The number of fused-ring (bicyclic) bond motifs is 1. The summed E-state index contributed by atoms with van der Waals surface area (Å²) in [6.45, 7) is 6.28. The number of benzene rings is 1. The van der Waals surface area contributed by atoms with Crippen LogP contribution in [0.3, 0.4) is 0 Å². The van der Waals surface area contributed by atoms with Gasteiger partial charge in [0.2, 0.25) is 5.28 Å². The summed E-state index contributed by atoms with van der Waals surface area (Å²) in [6, 6.07) is 8.02. The van der Waals surface area contributed by atoms with Gasteiger partial charge in [-0.05, 0) is 23.7 Å². The normalized spacial score (nSPS) is 12.0. The van der Waals surface area contributed by atoms with Crippen molar-refractivity contribution in [3.8, 4) is 5.69 Å². The number of pyridine rings is 1. The van der Waals surface area contributed by atoms with Gasteiger partial charge in [0.1, 0.15) is 5.82 Å². The van der Waals surface area contributed by atoms with Crippen molar-refractivity contribution in [3.63, 3.8) is 0 Å². The van der Waals surface area contributed by atoms with Crippen LogP contribution in [0.15, 0.2) is 36.7 Å². The van der Waals surface area contributed by atoms with E-state index < -0.39 is 0 Å². The summed E-state index contributed by atoms with van der Waals surface area (Å²) in [4.78, 5) is 4.16. The molecule has 0 N–H and O–H groups in total. The zero-order valence-corrected chi connectivity index (χ0v) is 12.4. The molecule has 0 radical (unpaired) electrons. The Labute approximate surface area is 122 Å². The van der Waals surface area contributed by atoms with Crippen LogP contribution in [0.5, 0.6) is 0 Å². The lowest BCUT2D eigenvalue weighted by Crippen LogP contribution is -2.18. The first-order valence-corrected chi connectivity index (χ1v) is 6.81. The zero-order chi connectivity index (χ0) is 14.3. The Balaban J connectivity index is 2.35. The summed E-state index contributed by atoms with van der Waals surface area (Å²) in [7, 11) is 0. The largest absolute Gasteiger partial charge is 0.269 e. The van der Waals surface area contributed by atoms with Crippen LogP contribution < -0.4 is 0 Å². The summed E-state index contributed by atoms with van der Waals surface area (Å²) in [5.74, 6) is 0.840. The third-order valence-electron chi connectivity index (χ3n) is 3.19. The van der Waals surface area contributed by atoms with Crippen LogP contribution in [0.25, 0.3) is 16.5 Å². The molecule has 0 fully saturated rings. The second-order valence-electron chi connectivity index (χ2n) is 5.75. The fraction of sp³-hybridized carbons (Fsp3) is 0.267. The quantitative estimate of drug-likeness (QED) is 0.684. The van der Waals surface area contributed by atoms with Gasteiger partial charge in [0.15, 0.2) is 0 Å². The van der Waals surface area contributed by atoms with Crippen molar-refractivity contribution in [2.24, 2.45) is 0 Å². The molecule has 102 valence electrons. The van der Waals surface area contributed by atoms with Gasteiger partial charge >= 0.3 is 0 Å². The Morgan fingerprint density at radius 3 is 2.65 bits per heavy atom. The highest BCUT2D eigenvalue weighted by atomic mass is 35.5. The van der Waals surface area contributed by atoms with Crippen molar-refractivity contribution in [1.29, 1.82) is 0 Å². The number of rotatable bonds is 1. The van der Waals surface area contributed by atoms with Crippen molar-refractivity contribution in [1.82, 2.24) is 19.7 Å². The third kappa shape index (κ3) is 2.06. The SMILES string of the molecule is CC(C)(C)c1nnc(Cl)n1-c1cccc2cnccc12. The minimum Gasteiger partial charge on any atom is -0.269 e. The molecule has 0 unspecified atom stereocenters. The highest BCUT2D eigenvalue weighted by Crippen LogP contribution is 2.30. The first-order valence-electron chi connectivity index (χ1n) is 6.43. The summed E-state index contributed by atoms with van der Waals surface area (Å²) in [5.41, 5.74) is 0.833. The Hall–Kier alpha value is -1.94. The lowest BCUT2D eigenvalue weighted by Gasteiger charge is -2.19. The average Bonchev–Trinajstić information content (AvgIpc) is 2.80. The zero-order valence-electron chi connectivity index (χ0n) is 11.6. The van der Waals surface area contributed by atoms with Gasteiger partial charge in [0.05, 0.1) is 5.69 Å². The number of hydrogen-bond acceptors (Lipinski definition) is 3. The van der Waals surface area contributed by atoms with Crippen LogP contribution in [0.4, 0.5) is 0 Å². The summed E-state index contributed by atoms with van der Waals surface area (Å²) in [6.07, 6.45) is 3.62. The van der Waals surface area contributed by atoms with Gasteiger partial charge in [-0.1, -0.05) is 32.9 Å². The molecule has 4 nitrogen and oxygen atoms in total. The Morgan fingerprint density at radius 2 is 1.90 bits per heavy atom. The van der Waals surface area contributed by atoms with Gasteiger partial charge in [-0.15, -0.1) is 10.2 Å². The van der Waals surface area contributed by atoms with Crippen LogP contribution in [0.2, 0.25) is 5.28 Å². The number of hydrogen-bond donors (Lipinski definition) is 0. The van der Waals surface area contributed by atoms with Gasteiger partial charge in [-0.2, -0.15) is 0 Å². The van der Waals surface area contributed by atoms with E-state index >= 15 is 0 Å². The van der Waals surface area contributed by atoms with Gasteiger partial charge in [0, 0.05) is 28.6 Å². The van der Waals surface area contributed by atoms with Crippen LogP contribution in [-0.4, -0.2) is 19.7 Å². The van der Waals surface area contributed by atoms with Crippen LogP contribution in [0, 0.1) is 0 Å². The van der Waals surface area contributed by atoms with Crippen molar-refractivity contribution >= 4 is 22.4 Å². The molecular weight excluding hydrogens is 272 g/mol. The predicted octanol–water partition coefficient (Wildman–Crippen LogP) is 3.77. The lowest BCUT2D eigenvalue weighted by atomic mass is 9.95. The topological polar surface area (TPSA) is 43.6 Å². The molecule has 0 bridgehead atoms. The number of nitrogens with zero attached hydrogens (tertiary/aromatic N) is 4. The number of aromatic nitrogens is 4. The van der Waals surface area contributed by atoms with E-state index in [-0.39, 0.29) is 5.41 Å². The second-order valence-corrected chi connectivity index (χ2v) is 6.09. The van der Waals surface area contributed by atoms with E-state index in [1.165, 1.54) is 0 Å². The first-order chi connectivity index (χ1) is 9.48.